The van der Waals surface area contributed by atoms with Gasteiger partial charge in [0.1, 0.15) is 0 Å². The molecule has 31 heavy (non-hydrogen) atoms. The lowest BCUT2D eigenvalue weighted by Crippen LogP contribution is -2.31. The number of hydrogen-bond donors (Lipinski definition) is 0. The molecule has 0 spiro atoms. The van der Waals surface area contributed by atoms with Gasteiger partial charge in [0.05, 0.1) is 29.0 Å². The fraction of sp³-hybridized carbons (Fsp3) is 0.148. The van der Waals surface area contributed by atoms with Crippen molar-refractivity contribution in [3.63, 3.8) is 0 Å². The molecule has 1 aliphatic rings. The Labute approximate surface area is 200 Å². The van der Waals surface area contributed by atoms with Crippen LogP contribution in [0.2, 0.25) is 0 Å². The molecule has 2 nitrogen and oxygen atoms in total. The Kier molecular flexibility index (Phi) is 5.03. The molecule has 0 saturated carbocycles. The lowest BCUT2D eigenvalue weighted by atomic mass is 9.73. The summed E-state index contributed by atoms with van der Waals surface area (Å²) in [5.41, 5.74) is 9.26. The molecular weight excluding hydrogens is 512 g/mol. The lowest BCUT2D eigenvalue weighted by molar-refractivity contribution is 0.631. The highest BCUT2D eigenvalue weighted by Crippen LogP contribution is 2.53. The highest BCUT2D eigenvalue weighted by Gasteiger charge is 2.37. The number of halogens is 2. The number of nitrogens with zero attached hydrogens (tertiary/aromatic N) is 2. The van der Waals surface area contributed by atoms with Gasteiger partial charge >= 0.3 is 0 Å². The van der Waals surface area contributed by atoms with Crippen LogP contribution in [-0.2, 0) is 5.41 Å². The summed E-state index contributed by atoms with van der Waals surface area (Å²) in [6.45, 7) is 6.76. The molecule has 0 amide bonds. The summed E-state index contributed by atoms with van der Waals surface area (Å²) in [7, 11) is 0. The molecule has 4 aromatic rings. The molecule has 0 aliphatic carbocycles. The minimum Gasteiger partial charge on any atom is -0.308 e. The van der Waals surface area contributed by atoms with Crippen molar-refractivity contribution in [1.29, 1.82) is 0 Å². The van der Waals surface area contributed by atoms with Gasteiger partial charge in [-0.25, -0.2) is 0 Å². The van der Waals surface area contributed by atoms with E-state index in [1.54, 1.807) is 0 Å². The standard InChI is InChI=1S/C27H22Br2N2/c1-17-13-23(18-7-5-4-6-8-18)30-16-26(17)31-24-11-9-19(28)14-21(24)27(2,3)22-15-20(29)10-12-25(22)31/h4-16H,1-3H3. The van der Waals surface area contributed by atoms with Gasteiger partial charge in [0.25, 0.3) is 0 Å². The van der Waals surface area contributed by atoms with E-state index in [0.717, 1.165) is 25.9 Å². The second-order valence-electron chi connectivity index (χ2n) is 8.51. The van der Waals surface area contributed by atoms with E-state index in [9.17, 15) is 0 Å². The third-order valence-electron chi connectivity index (χ3n) is 6.14. The fourth-order valence-corrected chi connectivity index (χ4v) is 5.21. The van der Waals surface area contributed by atoms with Gasteiger partial charge in [0.2, 0.25) is 0 Å². The highest BCUT2D eigenvalue weighted by molar-refractivity contribution is 9.10. The zero-order valence-corrected chi connectivity index (χ0v) is 20.8. The van der Waals surface area contributed by atoms with E-state index in [1.807, 2.05) is 12.3 Å². The molecule has 5 rings (SSSR count). The van der Waals surface area contributed by atoms with E-state index >= 15 is 0 Å². The molecule has 0 fully saturated rings. The first-order valence-electron chi connectivity index (χ1n) is 10.3. The molecule has 2 heterocycles. The second kappa shape index (κ2) is 7.61. The van der Waals surface area contributed by atoms with Crippen LogP contribution in [0.5, 0.6) is 0 Å². The topological polar surface area (TPSA) is 16.1 Å². The Bertz CT molecular complexity index is 1240. The molecule has 0 unspecified atom stereocenters. The van der Waals surface area contributed by atoms with E-state index in [2.05, 4.69) is 124 Å². The first-order valence-corrected chi connectivity index (χ1v) is 11.9. The van der Waals surface area contributed by atoms with Crippen LogP contribution in [0.4, 0.5) is 17.1 Å². The highest BCUT2D eigenvalue weighted by atomic mass is 79.9. The van der Waals surface area contributed by atoms with Crippen LogP contribution >= 0.6 is 31.9 Å². The third kappa shape index (κ3) is 3.42. The molecule has 0 radical (unpaired) electrons. The van der Waals surface area contributed by atoms with E-state index in [1.165, 1.54) is 28.1 Å². The Morgan fingerprint density at radius 2 is 1.32 bits per heavy atom. The minimum absolute atomic E-state index is 0.125. The Balaban J connectivity index is 1.74. The molecule has 0 N–H and O–H groups in total. The van der Waals surface area contributed by atoms with Gasteiger partial charge in [0, 0.05) is 19.9 Å². The number of pyridine rings is 1. The first kappa shape index (κ1) is 20.5. The van der Waals surface area contributed by atoms with Gasteiger partial charge in [-0.1, -0.05) is 76.0 Å². The van der Waals surface area contributed by atoms with Gasteiger partial charge in [-0.15, -0.1) is 0 Å². The number of aryl methyl sites for hydroxylation is 1. The van der Waals surface area contributed by atoms with Crippen LogP contribution < -0.4 is 4.90 Å². The van der Waals surface area contributed by atoms with Crippen LogP contribution in [0.25, 0.3) is 11.3 Å². The normalized spacial score (nSPS) is 14.2. The minimum atomic E-state index is -0.125. The van der Waals surface area contributed by atoms with E-state index in [4.69, 9.17) is 4.98 Å². The molecule has 0 bridgehead atoms. The van der Waals surface area contributed by atoms with Crippen molar-refractivity contribution in [2.45, 2.75) is 26.2 Å². The summed E-state index contributed by atoms with van der Waals surface area (Å²) in [5.74, 6) is 0. The molecular formula is C27H22Br2N2. The van der Waals surface area contributed by atoms with Gasteiger partial charge in [-0.3, -0.25) is 4.98 Å². The SMILES string of the molecule is Cc1cc(-c2ccccc2)ncc1N1c2ccc(Br)cc2C(C)(C)c2cc(Br)ccc21. The summed E-state index contributed by atoms with van der Waals surface area (Å²) in [6, 6.07) is 25.7. The maximum atomic E-state index is 4.84. The van der Waals surface area contributed by atoms with Crippen molar-refractivity contribution in [3.05, 3.63) is 105 Å². The number of aromatic nitrogens is 1. The van der Waals surface area contributed by atoms with Crippen LogP contribution in [-0.4, -0.2) is 4.98 Å². The maximum absolute atomic E-state index is 4.84. The third-order valence-corrected chi connectivity index (χ3v) is 7.13. The Hall–Kier alpha value is -2.43. The average molecular weight is 534 g/mol. The molecule has 4 heteroatoms. The zero-order valence-electron chi connectivity index (χ0n) is 17.7. The molecule has 1 aromatic heterocycles. The van der Waals surface area contributed by atoms with Crippen molar-refractivity contribution < 1.29 is 0 Å². The van der Waals surface area contributed by atoms with Gasteiger partial charge in [0.15, 0.2) is 0 Å². The van der Waals surface area contributed by atoms with Crippen LogP contribution in [0.1, 0.15) is 30.5 Å². The quantitative estimate of drug-likeness (QED) is 0.256. The van der Waals surface area contributed by atoms with Crippen molar-refractivity contribution in [2.24, 2.45) is 0 Å². The summed E-state index contributed by atoms with van der Waals surface area (Å²) < 4.78 is 2.18. The monoisotopic (exact) mass is 532 g/mol. The summed E-state index contributed by atoms with van der Waals surface area (Å²) >= 11 is 7.36. The van der Waals surface area contributed by atoms with E-state index in [0.29, 0.717) is 0 Å². The molecule has 1 aliphatic heterocycles. The summed E-state index contributed by atoms with van der Waals surface area (Å²) in [6.07, 6.45) is 2.01. The zero-order chi connectivity index (χ0) is 21.8. The smallest absolute Gasteiger partial charge is 0.0706 e. The maximum Gasteiger partial charge on any atom is 0.0706 e. The predicted molar refractivity (Wildman–Crippen MR) is 137 cm³/mol. The van der Waals surface area contributed by atoms with Crippen molar-refractivity contribution in [3.8, 4) is 11.3 Å². The Morgan fingerprint density at radius 1 is 0.742 bits per heavy atom. The summed E-state index contributed by atoms with van der Waals surface area (Å²) in [5, 5.41) is 0. The average Bonchev–Trinajstić information content (AvgIpc) is 2.76. The van der Waals surface area contributed by atoms with Crippen LogP contribution in [0, 0.1) is 6.92 Å². The number of benzene rings is 3. The predicted octanol–water partition coefficient (Wildman–Crippen LogP) is 8.69. The number of fused-ring (bicyclic) bond motifs is 2. The Morgan fingerprint density at radius 3 is 1.87 bits per heavy atom. The van der Waals surface area contributed by atoms with Gasteiger partial charge in [-0.05, 0) is 66.1 Å². The summed E-state index contributed by atoms with van der Waals surface area (Å²) in [4.78, 5) is 7.20. The molecule has 3 aromatic carbocycles. The number of rotatable bonds is 2. The first-order chi connectivity index (χ1) is 14.9. The van der Waals surface area contributed by atoms with E-state index < -0.39 is 0 Å². The fourth-order valence-electron chi connectivity index (χ4n) is 4.49. The van der Waals surface area contributed by atoms with Crippen molar-refractivity contribution in [1.82, 2.24) is 4.98 Å². The van der Waals surface area contributed by atoms with Gasteiger partial charge in [-0.2, -0.15) is 0 Å². The molecule has 154 valence electrons. The number of hydrogen-bond acceptors (Lipinski definition) is 2. The largest absolute Gasteiger partial charge is 0.308 e. The lowest BCUT2D eigenvalue weighted by Gasteiger charge is -2.42. The van der Waals surface area contributed by atoms with E-state index in [-0.39, 0.29) is 5.41 Å². The molecule has 0 saturated heterocycles. The van der Waals surface area contributed by atoms with Crippen molar-refractivity contribution in [2.75, 3.05) is 4.90 Å². The van der Waals surface area contributed by atoms with Crippen LogP contribution in [0.15, 0.2) is 87.9 Å². The van der Waals surface area contributed by atoms with Gasteiger partial charge < -0.3 is 4.90 Å². The second-order valence-corrected chi connectivity index (χ2v) is 10.3. The number of anilines is 3. The molecule has 0 atom stereocenters. The van der Waals surface area contributed by atoms with Crippen LogP contribution in [0.3, 0.4) is 0 Å². The van der Waals surface area contributed by atoms with Crippen molar-refractivity contribution >= 4 is 48.9 Å².